The number of aliphatic carboxylic acids is 1. The molecule has 1 N–H and O–H groups in total. The second-order valence-corrected chi connectivity index (χ2v) is 7.12. The summed E-state index contributed by atoms with van der Waals surface area (Å²) in [4.78, 5) is 11.4. The van der Waals surface area contributed by atoms with E-state index in [4.69, 9.17) is 0 Å². The van der Waals surface area contributed by atoms with Crippen LogP contribution in [0.25, 0.3) is 0 Å². The van der Waals surface area contributed by atoms with Gasteiger partial charge in [0.15, 0.2) is 9.84 Å². The fourth-order valence-corrected chi connectivity index (χ4v) is 4.41. The van der Waals surface area contributed by atoms with Gasteiger partial charge in [-0.25, -0.2) is 8.42 Å². The summed E-state index contributed by atoms with van der Waals surface area (Å²) < 4.78 is 22.9. The molecule has 1 aliphatic rings. The zero-order chi connectivity index (χ0) is 13.3. The van der Waals surface area contributed by atoms with Crippen LogP contribution >= 0.6 is 0 Å². The Morgan fingerprint density at radius 1 is 1.44 bits per heavy atom. The lowest BCUT2D eigenvalue weighted by Crippen LogP contribution is -2.22. The van der Waals surface area contributed by atoms with Crippen molar-refractivity contribution >= 4 is 15.8 Å². The van der Waals surface area contributed by atoms with Gasteiger partial charge >= 0.3 is 5.97 Å². The molecule has 0 aromatic heterocycles. The van der Waals surface area contributed by atoms with Gasteiger partial charge in [0.05, 0.1) is 17.4 Å². The first kappa shape index (κ1) is 13.1. The lowest BCUT2D eigenvalue weighted by Gasteiger charge is -2.19. The van der Waals surface area contributed by atoms with Crippen LogP contribution < -0.4 is 0 Å². The molecule has 1 heterocycles. The van der Waals surface area contributed by atoms with E-state index in [0.717, 1.165) is 5.56 Å². The number of hydrogen-bond acceptors (Lipinski definition) is 3. The van der Waals surface area contributed by atoms with Crippen LogP contribution in [0.3, 0.4) is 0 Å². The molecule has 98 valence electrons. The van der Waals surface area contributed by atoms with E-state index in [9.17, 15) is 18.3 Å². The minimum atomic E-state index is -3.06. The standard InChI is InChI=1S/C13H16O4S/c1-9-3-2-4-10(7-9)12(13(14)15)11-5-6-18(16,17)8-11/h2-4,7,11-12H,5-6,8H2,1H3,(H,14,15). The number of sulfone groups is 1. The summed E-state index contributed by atoms with van der Waals surface area (Å²) in [5.41, 5.74) is 1.68. The predicted octanol–water partition coefficient (Wildman–Crippen LogP) is 1.60. The Morgan fingerprint density at radius 3 is 2.67 bits per heavy atom. The molecule has 0 aliphatic carbocycles. The summed E-state index contributed by atoms with van der Waals surface area (Å²) in [6, 6.07) is 7.29. The smallest absolute Gasteiger partial charge is 0.311 e. The van der Waals surface area contributed by atoms with E-state index in [-0.39, 0.29) is 17.4 Å². The average Bonchev–Trinajstić information content (AvgIpc) is 2.58. The van der Waals surface area contributed by atoms with Gasteiger partial charge < -0.3 is 5.11 Å². The molecular formula is C13H16O4S. The number of hydrogen-bond donors (Lipinski definition) is 1. The summed E-state index contributed by atoms with van der Waals surface area (Å²) in [5.74, 6) is -1.88. The van der Waals surface area contributed by atoms with Gasteiger partial charge in [-0.3, -0.25) is 4.79 Å². The van der Waals surface area contributed by atoms with E-state index in [0.29, 0.717) is 12.0 Å². The van der Waals surface area contributed by atoms with Crippen LogP contribution in [-0.4, -0.2) is 31.0 Å². The van der Waals surface area contributed by atoms with Crippen LogP contribution in [0.2, 0.25) is 0 Å². The first-order valence-corrected chi connectivity index (χ1v) is 7.71. The normalized spacial score (nSPS) is 23.7. The van der Waals surface area contributed by atoms with E-state index >= 15 is 0 Å². The molecule has 1 aliphatic heterocycles. The van der Waals surface area contributed by atoms with E-state index in [1.807, 2.05) is 25.1 Å². The molecule has 2 atom stereocenters. The van der Waals surface area contributed by atoms with Crippen molar-refractivity contribution in [1.29, 1.82) is 0 Å². The number of carbonyl (C=O) groups is 1. The lowest BCUT2D eigenvalue weighted by atomic mass is 9.85. The Balaban J connectivity index is 2.33. The van der Waals surface area contributed by atoms with Gasteiger partial charge in [0.25, 0.3) is 0 Å². The van der Waals surface area contributed by atoms with Gasteiger partial charge in [0.2, 0.25) is 0 Å². The highest BCUT2D eigenvalue weighted by Crippen LogP contribution is 2.33. The summed E-state index contributed by atoms with van der Waals surface area (Å²) in [7, 11) is -3.06. The van der Waals surface area contributed by atoms with Crippen LogP contribution in [-0.2, 0) is 14.6 Å². The predicted molar refractivity (Wildman–Crippen MR) is 68.3 cm³/mol. The second-order valence-electron chi connectivity index (χ2n) is 4.89. The van der Waals surface area contributed by atoms with E-state index in [1.165, 1.54) is 0 Å². The molecule has 0 bridgehead atoms. The Bertz CT molecular complexity index is 562. The van der Waals surface area contributed by atoms with Crippen molar-refractivity contribution in [3.8, 4) is 0 Å². The fourth-order valence-electron chi connectivity index (χ4n) is 2.57. The number of benzene rings is 1. The first-order chi connectivity index (χ1) is 8.39. The molecule has 1 saturated heterocycles. The van der Waals surface area contributed by atoms with Crippen LogP contribution in [0.1, 0.15) is 23.5 Å². The van der Waals surface area contributed by atoms with Crippen molar-refractivity contribution < 1.29 is 18.3 Å². The molecule has 1 aromatic carbocycles. The van der Waals surface area contributed by atoms with Crippen molar-refractivity contribution in [3.05, 3.63) is 35.4 Å². The van der Waals surface area contributed by atoms with E-state index < -0.39 is 21.7 Å². The lowest BCUT2D eigenvalue weighted by molar-refractivity contribution is -0.140. The highest BCUT2D eigenvalue weighted by molar-refractivity contribution is 7.91. The topological polar surface area (TPSA) is 71.4 Å². The fraction of sp³-hybridized carbons (Fsp3) is 0.462. The molecule has 0 radical (unpaired) electrons. The summed E-state index contributed by atoms with van der Waals surface area (Å²) in [6.45, 7) is 1.90. The Hall–Kier alpha value is -1.36. The van der Waals surface area contributed by atoms with Crippen LogP contribution in [0.5, 0.6) is 0 Å². The molecule has 2 rings (SSSR count). The Labute approximate surface area is 107 Å². The largest absolute Gasteiger partial charge is 0.481 e. The van der Waals surface area contributed by atoms with Gasteiger partial charge in [-0.1, -0.05) is 29.8 Å². The molecule has 0 spiro atoms. The SMILES string of the molecule is Cc1cccc(C(C(=O)O)C2CCS(=O)(=O)C2)c1. The number of rotatable bonds is 3. The van der Waals surface area contributed by atoms with Crippen molar-refractivity contribution in [2.24, 2.45) is 5.92 Å². The van der Waals surface area contributed by atoms with Crippen molar-refractivity contribution in [3.63, 3.8) is 0 Å². The zero-order valence-electron chi connectivity index (χ0n) is 10.2. The molecule has 18 heavy (non-hydrogen) atoms. The third kappa shape index (κ3) is 2.72. The van der Waals surface area contributed by atoms with Gasteiger partial charge in [-0.15, -0.1) is 0 Å². The molecule has 4 nitrogen and oxygen atoms in total. The Morgan fingerprint density at radius 2 is 2.17 bits per heavy atom. The monoisotopic (exact) mass is 268 g/mol. The van der Waals surface area contributed by atoms with Gasteiger partial charge in [0, 0.05) is 0 Å². The maximum atomic E-state index is 11.5. The number of carboxylic acid groups (broad SMARTS) is 1. The van der Waals surface area contributed by atoms with Gasteiger partial charge in [-0.05, 0) is 24.8 Å². The minimum absolute atomic E-state index is 0.0160. The number of aryl methyl sites for hydroxylation is 1. The van der Waals surface area contributed by atoms with Crippen molar-refractivity contribution in [2.75, 3.05) is 11.5 Å². The molecular weight excluding hydrogens is 252 g/mol. The van der Waals surface area contributed by atoms with Crippen LogP contribution in [0, 0.1) is 12.8 Å². The van der Waals surface area contributed by atoms with Crippen LogP contribution in [0.4, 0.5) is 0 Å². The van der Waals surface area contributed by atoms with Gasteiger partial charge in [-0.2, -0.15) is 0 Å². The third-order valence-corrected chi connectivity index (χ3v) is 5.20. The van der Waals surface area contributed by atoms with Gasteiger partial charge in [0.1, 0.15) is 0 Å². The zero-order valence-corrected chi connectivity index (χ0v) is 11.0. The van der Waals surface area contributed by atoms with Crippen LogP contribution in [0.15, 0.2) is 24.3 Å². The summed E-state index contributed by atoms with van der Waals surface area (Å²) in [5, 5.41) is 9.35. The summed E-state index contributed by atoms with van der Waals surface area (Å²) in [6.07, 6.45) is 0.438. The molecule has 0 saturated carbocycles. The highest BCUT2D eigenvalue weighted by Gasteiger charge is 2.38. The van der Waals surface area contributed by atoms with Crippen molar-refractivity contribution in [2.45, 2.75) is 19.3 Å². The maximum Gasteiger partial charge on any atom is 0.311 e. The molecule has 1 fully saturated rings. The van der Waals surface area contributed by atoms with E-state index in [1.54, 1.807) is 6.07 Å². The second kappa shape index (κ2) is 4.72. The molecule has 5 heteroatoms. The van der Waals surface area contributed by atoms with E-state index in [2.05, 4.69) is 0 Å². The first-order valence-electron chi connectivity index (χ1n) is 5.89. The third-order valence-electron chi connectivity index (χ3n) is 3.41. The molecule has 1 aromatic rings. The molecule has 0 amide bonds. The Kier molecular flexibility index (Phi) is 3.43. The minimum Gasteiger partial charge on any atom is -0.481 e. The summed E-state index contributed by atoms with van der Waals surface area (Å²) >= 11 is 0. The molecule has 2 unspecified atom stereocenters. The average molecular weight is 268 g/mol. The number of carboxylic acids is 1. The quantitative estimate of drug-likeness (QED) is 0.903. The highest BCUT2D eigenvalue weighted by atomic mass is 32.2. The van der Waals surface area contributed by atoms with Crippen molar-refractivity contribution in [1.82, 2.24) is 0 Å². The maximum absolute atomic E-state index is 11.5.